The van der Waals surface area contributed by atoms with Gasteiger partial charge in [0.15, 0.2) is 0 Å². The van der Waals surface area contributed by atoms with Crippen LogP contribution in [0.15, 0.2) is 30.3 Å². The lowest BCUT2D eigenvalue weighted by atomic mass is 9.97. The second kappa shape index (κ2) is 7.80. The summed E-state index contributed by atoms with van der Waals surface area (Å²) in [7, 11) is 0. The van der Waals surface area contributed by atoms with Crippen LogP contribution in [0, 0.1) is 0 Å². The summed E-state index contributed by atoms with van der Waals surface area (Å²) in [6, 6.07) is 11.1. The van der Waals surface area contributed by atoms with Crippen LogP contribution in [0.2, 0.25) is 0 Å². The van der Waals surface area contributed by atoms with E-state index in [1.165, 1.54) is 37.7 Å². The second-order valence-electron chi connectivity index (χ2n) is 6.27. The second-order valence-corrected chi connectivity index (χ2v) is 6.27. The molecule has 0 spiro atoms. The van der Waals surface area contributed by atoms with Gasteiger partial charge in [-0.25, -0.2) is 0 Å². The van der Waals surface area contributed by atoms with Crippen molar-refractivity contribution in [2.24, 2.45) is 0 Å². The van der Waals surface area contributed by atoms with Gasteiger partial charge in [-0.05, 0) is 24.8 Å². The van der Waals surface area contributed by atoms with E-state index in [-0.39, 0.29) is 0 Å². The van der Waals surface area contributed by atoms with Crippen molar-refractivity contribution in [1.82, 2.24) is 5.32 Å². The topological polar surface area (TPSA) is 32.3 Å². The van der Waals surface area contributed by atoms with Crippen LogP contribution in [-0.4, -0.2) is 17.3 Å². The lowest BCUT2D eigenvalue weighted by Crippen LogP contribution is -2.39. The van der Waals surface area contributed by atoms with Crippen molar-refractivity contribution in [3.63, 3.8) is 0 Å². The third-order valence-corrected chi connectivity index (χ3v) is 4.51. The van der Waals surface area contributed by atoms with E-state index in [0.29, 0.717) is 6.04 Å². The zero-order valence-corrected chi connectivity index (χ0v) is 12.8. The first kappa shape index (κ1) is 15.5. The Morgan fingerprint density at radius 3 is 2.50 bits per heavy atom. The summed E-state index contributed by atoms with van der Waals surface area (Å²) >= 11 is 0. The average Bonchev–Trinajstić information content (AvgIpc) is 2.91. The van der Waals surface area contributed by atoms with E-state index in [4.69, 9.17) is 0 Å². The number of benzene rings is 1. The molecule has 0 aromatic heterocycles. The first-order valence-corrected chi connectivity index (χ1v) is 8.24. The maximum absolute atomic E-state index is 10.5. The highest BCUT2D eigenvalue weighted by atomic mass is 16.3. The van der Waals surface area contributed by atoms with Gasteiger partial charge >= 0.3 is 0 Å². The predicted molar refractivity (Wildman–Crippen MR) is 84.7 cm³/mol. The third-order valence-electron chi connectivity index (χ3n) is 4.51. The van der Waals surface area contributed by atoms with E-state index in [2.05, 4.69) is 42.6 Å². The minimum atomic E-state index is -0.461. The maximum atomic E-state index is 10.5. The van der Waals surface area contributed by atoms with Gasteiger partial charge < -0.3 is 10.4 Å². The molecule has 0 heterocycles. The molecule has 1 fully saturated rings. The molecule has 0 saturated heterocycles. The molecule has 1 atom stereocenters. The SMILES string of the molecule is CCCCCC(NCC1(O)CCCC1)c1ccccc1. The molecular formula is C18H29NO. The van der Waals surface area contributed by atoms with Crippen molar-refractivity contribution in [3.05, 3.63) is 35.9 Å². The van der Waals surface area contributed by atoms with Crippen molar-refractivity contribution >= 4 is 0 Å². The van der Waals surface area contributed by atoms with E-state index in [1.54, 1.807) is 0 Å². The maximum Gasteiger partial charge on any atom is 0.0771 e. The Bertz CT molecular complexity index is 370. The normalized spacial score (nSPS) is 19.1. The molecule has 2 heteroatoms. The number of hydrogen-bond donors (Lipinski definition) is 2. The van der Waals surface area contributed by atoms with Gasteiger partial charge in [-0.1, -0.05) is 69.4 Å². The summed E-state index contributed by atoms with van der Waals surface area (Å²) in [6.45, 7) is 2.98. The lowest BCUT2D eigenvalue weighted by molar-refractivity contribution is 0.0444. The highest BCUT2D eigenvalue weighted by Gasteiger charge is 2.31. The zero-order valence-electron chi connectivity index (χ0n) is 12.8. The van der Waals surface area contributed by atoms with E-state index >= 15 is 0 Å². The van der Waals surface area contributed by atoms with Gasteiger partial charge in [0.2, 0.25) is 0 Å². The van der Waals surface area contributed by atoms with Crippen molar-refractivity contribution in [3.8, 4) is 0 Å². The van der Waals surface area contributed by atoms with Gasteiger partial charge in [-0.3, -0.25) is 0 Å². The molecule has 0 aliphatic heterocycles. The largest absolute Gasteiger partial charge is 0.389 e. The Labute approximate surface area is 123 Å². The molecule has 20 heavy (non-hydrogen) atoms. The van der Waals surface area contributed by atoms with Gasteiger partial charge in [0.05, 0.1) is 5.60 Å². The fraction of sp³-hybridized carbons (Fsp3) is 0.667. The van der Waals surface area contributed by atoms with Crippen LogP contribution >= 0.6 is 0 Å². The van der Waals surface area contributed by atoms with Gasteiger partial charge in [-0.15, -0.1) is 0 Å². The highest BCUT2D eigenvalue weighted by Crippen LogP contribution is 2.30. The van der Waals surface area contributed by atoms with Gasteiger partial charge in [-0.2, -0.15) is 0 Å². The Morgan fingerprint density at radius 1 is 1.15 bits per heavy atom. The van der Waals surface area contributed by atoms with E-state index in [1.807, 2.05) is 0 Å². The van der Waals surface area contributed by atoms with E-state index in [9.17, 15) is 5.11 Å². The molecule has 2 nitrogen and oxygen atoms in total. The van der Waals surface area contributed by atoms with Crippen molar-refractivity contribution in [1.29, 1.82) is 0 Å². The number of hydrogen-bond acceptors (Lipinski definition) is 2. The summed E-state index contributed by atoms with van der Waals surface area (Å²) in [5.74, 6) is 0. The smallest absolute Gasteiger partial charge is 0.0771 e. The van der Waals surface area contributed by atoms with Crippen LogP contribution in [0.4, 0.5) is 0 Å². The monoisotopic (exact) mass is 275 g/mol. The minimum Gasteiger partial charge on any atom is -0.389 e. The molecule has 112 valence electrons. The third kappa shape index (κ3) is 4.60. The summed E-state index contributed by atoms with van der Waals surface area (Å²) < 4.78 is 0. The highest BCUT2D eigenvalue weighted by molar-refractivity contribution is 5.19. The fourth-order valence-corrected chi connectivity index (χ4v) is 3.19. The van der Waals surface area contributed by atoms with Crippen LogP contribution in [0.25, 0.3) is 0 Å². The van der Waals surface area contributed by atoms with Crippen molar-refractivity contribution in [2.45, 2.75) is 69.9 Å². The molecule has 0 bridgehead atoms. The number of unbranched alkanes of at least 4 members (excludes halogenated alkanes) is 2. The predicted octanol–water partition coefficient (Wildman–Crippen LogP) is 4.20. The van der Waals surface area contributed by atoms with Crippen molar-refractivity contribution < 1.29 is 5.11 Å². The molecule has 1 aliphatic rings. The fourth-order valence-electron chi connectivity index (χ4n) is 3.19. The molecule has 1 aliphatic carbocycles. The Kier molecular flexibility index (Phi) is 6.06. The number of nitrogens with one attached hydrogen (secondary N) is 1. The summed E-state index contributed by atoms with van der Waals surface area (Å²) in [5.41, 5.74) is 0.892. The first-order chi connectivity index (χ1) is 9.73. The Hall–Kier alpha value is -0.860. The molecule has 2 N–H and O–H groups in total. The first-order valence-electron chi connectivity index (χ1n) is 8.24. The summed E-state index contributed by atoms with van der Waals surface area (Å²) in [4.78, 5) is 0. The van der Waals surface area contributed by atoms with Crippen molar-refractivity contribution in [2.75, 3.05) is 6.54 Å². The lowest BCUT2D eigenvalue weighted by Gasteiger charge is -2.27. The quantitative estimate of drug-likeness (QED) is 0.697. The standard InChI is InChI=1S/C18H29NO/c1-2-3-5-12-17(16-10-6-4-7-11-16)19-15-18(20)13-8-9-14-18/h4,6-7,10-11,17,19-20H,2-3,5,8-9,12-15H2,1H3. The average molecular weight is 275 g/mol. The number of aliphatic hydroxyl groups is 1. The molecule has 2 rings (SSSR count). The van der Waals surface area contributed by atoms with Crippen LogP contribution in [0.1, 0.15) is 69.9 Å². The summed E-state index contributed by atoms with van der Waals surface area (Å²) in [6.07, 6.45) is 9.21. The van der Waals surface area contributed by atoms with Gasteiger partial charge in [0.1, 0.15) is 0 Å². The summed E-state index contributed by atoms with van der Waals surface area (Å²) in [5, 5.41) is 14.1. The molecule has 0 radical (unpaired) electrons. The van der Waals surface area contributed by atoms with E-state index in [0.717, 1.165) is 25.8 Å². The molecule has 0 amide bonds. The van der Waals surface area contributed by atoms with Crippen LogP contribution in [-0.2, 0) is 0 Å². The Balaban J connectivity index is 1.92. The van der Waals surface area contributed by atoms with Crippen LogP contribution in [0.3, 0.4) is 0 Å². The molecule has 1 unspecified atom stereocenters. The minimum absolute atomic E-state index is 0.382. The Morgan fingerprint density at radius 2 is 1.85 bits per heavy atom. The van der Waals surface area contributed by atoms with E-state index < -0.39 is 5.60 Å². The molecular weight excluding hydrogens is 246 g/mol. The molecule has 1 saturated carbocycles. The van der Waals surface area contributed by atoms with Crippen LogP contribution in [0.5, 0.6) is 0 Å². The van der Waals surface area contributed by atoms with Gasteiger partial charge in [0, 0.05) is 12.6 Å². The number of rotatable bonds is 8. The zero-order chi connectivity index (χ0) is 14.3. The molecule has 1 aromatic carbocycles. The molecule has 1 aromatic rings. The van der Waals surface area contributed by atoms with Crippen LogP contribution < -0.4 is 5.32 Å². The van der Waals surface area contributed by atoms with Gasteiger partial charge in [0.25, 0.3) is 0 Å².